The number of aromatic nitrogens is 4. The molecule has 0 unspecified atom stereocenters. The molecule has 2 N–H and O–H groups in total. The van der Waals surface area contributed by atoms with Crippen molar-refractivity contribution in [1.29, 1.82) is 0 Å². The number of hydrogen-bond donors (Lipinski definition) is 2. The molecule has 0 aliphatic carbocycles. The normalized spacial score (nSPS) is 12.0. The molecule has 4 aromatic rings. The van der Waals surface area contributed by atoms with Crippen LogP contribution >= 0.6 is 0 Å². The van der Waals surface area contributed by atoms with Gasteiger partial charge < -0.3 is 28.9 Å². The largest absolute Gasteiger partial charge is 0.494 e. The summed E-state index contributed by atoms with van der Waals surface area (Å²) in [4.78, 5) is 17.0. The Morgan fingerprint density at radius 3 is 1.90 bits per heavy atom. The van der Waals surface area contributed by atoms with Gasteiger partial charge in [-0.2, -0.15) is 0 Å². The van der Waals surface area contributed by atoms with Crippen LogP contribution in [-0.4, -0.2) is 46.4 Å². The van der Waals surface area contributed by atoms with E-state index in [0.29, 0.717) is 55.1 Å². The van der Waals surface area contributed by atoms with Gasteiger partial charge >= 0.3 is 0 Å². The summed E-state index contributed by atoms with van der Waals surface area (Å²) in [6.07, 6.45) is 7.89. The number of fused-ring (bicyclic) bond motifs is 8. The van der Waals surface area contributed by atoms with E-state index in [-0.39, 0.29) is 0 Å². The number of ether oxygens (including phenoxy) is 4. The van der Waals surface area contributed by atoms with E-state index in [4.69, 9.17) is 28.9 Å². The van der Waals surface area contributed by atoms with Crippen LogP contribution in [0, 0.1) is 0 Å². The highest BCUT2D eigenvalue weighted by Crippen LogP contribution is 2.38. The van der Waals surface area contributed by atoms with Crippen LogP contribution in [0.2, 0.25) is 0 Å². The molecule has 5 heterocycles. The van der Waals surface area contributed by atoms with E-state index in [0.717, 1.165) is 50.3 Å². The second-order valence-electron chi connectivity index (χ2n) is 9.66. The summed E-state index contributed by atoms with van der Waals surface area (Å²) in [6.45, 7) is 9.94. The number of nitrogens with zero attached hydrogens (tertiary/aromatic N) is 2. The van der Waals surface area contributed by atoms with E-state index in [1.165, 1.54) is 0 Å². The molecule has 3 aromatic heterocycles. The molecular formula is C34H34N4O4. The molecule has 0 radical (unpaired) electrons. The Labute approximate surface area is 244 Å². The molecule has 0 saturated carbocycles. The molecule has 214 valence electrons. The number of hydrogen-bond acceptors (Lipinski definition) is 6. The zero-order valence-corrected chi connectivity index (χ0v) is 24.3. The molecular weight excluding hydrogens is 528 g/mol. The predicted octanol–water partition coefficient (Wildman–Crippen LogP) is 7.92. The van der Waals surface area contributed by atoms with E-state index in [9.17, 15) is 0 Å². The Morgan fingerprint density at radius 2 is 1.21 bits per heavy atom. The van der Waals surface area contributed by atoms with Gasteiger partial charge in [0.05, 0.1) is 48.7 Å². The van der Waals surface area contributed by atoms with Gasteiger partial charge in [0, 0.05) is 11.1 Å². The third kappa shape index (κ3) is 5.23. The smallest absolute Gasteiger partial charge is 0.168 e. The minimum Gasteiger partial charge on any atom is -0.494 e. The molecule has 42 heavy (non-hydrogen) atoms. The first kappa shape index (κ1) is 27.2. The van der Waals surface area contributed by atoms with Crippen LogP contribution in [0.4, 0.5) is 0 Å². The van der Waals surface area contributed by atoms with Gasteiger partial charge in [0.1, 0.15) is 22.8 Å². The highest BCUT2D eigenvalue weighted by Gasteiger charge is 2.18. The van der Waals surface area contributed by atoms with Crippen molar-refractivity contribution in [2.75, 3.05) is 26.4 Å². The monoisotopic (exact) mass is 562 g/mol. The van der Waals surface area contributed by atoms with Crippen molar-refractivity contribution in [3.63, 3.8) is 0 Å². The Kier molecular flexibility index (Phi) is 7.68. The van der Waals surface area contributed by atoms with Crippen molar-refractivity contribution in [1.82, 2.24) is 19.9 Å². The fourth-order valence-electron chi connectivity index (χ4n) is 5.19. The minimum atomic E-state index is 0.472. The van der Waals surface area contributed by atoms with Gasteiger partial charge in [-0.1, -0.05) is 12.1 Å². The maximum Gasteiger partial charge on any atom is 0.168 e. The van der Waals surface area contributed by atoms with Crippen molar-refractivity contribution in [2.24, 2.45) is 0 Å². The summed E-state index contributed by atoms with van der Waals surface area (Å²) >= 11 is 0. The molecule has 6 rings (SSSR count). The molecule has 1 aromatic carbocycles. The lowest BCUT2D eigenvalue weighted by molar-refractivity contribution is 0.339. The molecule has 0 spiro atoms. The summed E-state index contributed by atoms with van der Waals surface area (Å²) < 4.78 is 24.3. The van der Waals surface area contributed by atoms with Gasteiger partial charge in [0.15, 0.2) is 17.2 Å². The topological polar surface area (TPSA) is 94.3 Å². The van der Waals surface area contributed by atoms with Gasteiger partial charge in [-0.15, -0.1) is 0 Å². The molecule has 8 heteroatoms. The van der Waals surface area contributed by atoms with E-state index < -0.39 is 0 Å². The summed E-state index contributed by atoms with van der Waals surface area (Å²) in [5.41, 5.74) is 8.23. The number of nitrogens with one attached hydrogen (secondary N) is 2. The zero-order valence-electron chi connectivity index (χ0n) is 24.3. The highest BCUT2D eigenvalue weighted by atomic mass is 16.5. The number of aromatic amines is 2. The second kappa shape index (κ2) is 11.9. The Balaban J connectivity index is 1.74. The number of H-pyrrole nitrogens is 2. The van der Waals surface area contributed by atoms with Crippen molar-refractivity contribution >= 4 is 46.4 Å². The van der Waals surface area contributed by atoms with Crippen molar-refractivity contribution in [2.45, 2.75) is 27.7 Å². The first-order valence-corrected chi connectivity index (χ1v) is 14.4. The molecule has 0 fully saturated rings. The summed E-state index contributed by atoms with van der Waals surface area (Å²) in [5, 5.41) is 0. The highest BCUT2D eigenvalue weighted by molar-refractivity contribution is 5.93. The first-order valence-electron chi connectivity index (χ1n) is 14.4. The second-order valence-corrected chi connectivity index (χ2v) is 9.66. The van der Waals surface area contributed by atoms with Crippen LogP contribution in [0.15, 0.2) is 48.5 Å². The zero-order chi connectivity index (χ0) is 29.1. The Bertz CT molecular complexity index is 1850. The Hall–Kier alpha value is -4.98. The molecule has 8 nitrogen and oxygen atoms in total. The average molecular weight is 563 g/mol. The van der Waals surface area contributed by atoms with Crippen molar-refractivity contribution in [3.05, 3.63) is 71.3 Å². The van der Waals surface area contributed by atoms with Gasteiger partial charge in [0.25, 0.3) is 0 Å². The fraction of sp³-hybridized carbons (Fsp3) is 0.235. The predicted molar refractivity (Wildman–Crippen MR) is 169 cm³/mol. The fourth-order valence-corrected chi connectivity index (χ4v) is 5.19. The number of benzene rings is 1. The quantitative estimate of drug-likeness (QED) is 0.186. The molecule has 0 atom stereocenters. The summed E-state index contributed by atoms with van der Waals surface area (Å²) in [7, 11) is 0. The summed E-state index contributed by atoms with van der Waals surface area (Å²) in [5.74, 6) is 2.78. The third-order valence-corrected chi connectivity index (χ3v) is 6.87. The maximum absolute atomic E-state index is 6.30. The van der Waals surface area contributed by atoms with Crippen LogP contribution < -0.4 is 18.9 Å². The van der Waals surface area contributed by atoms with Gasteiger partial charge in [-0.05, 0) is 94.0 Å². The van der Waals surface area contributed by atoms with Gasteiger partial charge in [-0.25, -0.2) is 9.97 Å². The minimum absolute atomic E-state index is 0.472. The molecule has 2 aliphatic rings. The van der Waals surface area contributed by atoms with E-state index >= 15 is 0 Å². The first-order chi connectivity index (χ1) is 20.6. The maximum atomic E-state index is 6.30. The lowest BCUT2D eigenvalue weighted by atomic mass is 10.1. The van der Waals surface area contributed by atoms with Crippen LogP contribution in [-0.2, 0) is 0 Å². The average Bonchev–Trinajstić information content (AvgIpc) is 3.81. The van der Waals surface area contributed by atoms with Gasteiger partial charge in [0.2, 0.25) is 0 Å². The molecule has 0 amide bonds. The van der Waals surface area contributed by atoms with E-state index in [2.05, 4.69) is 22.1 Å². The number of rotatable bonds is 9. The van der Waals surface area contributed by atoms with Crippen LogP contribution in [0.1, 0.15) is 50.5 Å². The van der Waals surface area contributed by atoms with Gasteiger partial charge in [-0.3, -0.25) is 0 Å². The molecule has 2 aliphatic heterocycles. The molecule has 8 bridgehead atoms. The SMILES string of the molecule is CCOc1cccc(-c2cc3cc4nc(c(OCC)c5ccc([nH]5)c(OCC)c5nc(c(OCC)c2[nH]3)C=C5)C=C4)c1. The lowest BCUT2D eigenvalue weighted by Crippen LogP contribution is -1.97. The third-order valence-electron chi connectivity index (χ3n) is 6.87. The summed E-state index contributed by atoms with van der Waals surface area (Å²) in [6, 6.07) is 16.2. The van der Waals surface area contributed by atoms with Crippen molar-refractivity contribution < 1.29 is 18.9 Å². The molecule has 0 saturated heterocycles. The van der Waals surface area contributed by atoms with Crippen molar-refractivity contribution in [3.8, 4) is 34.1 Å². The van der Waals surface area contributed by atoms with E-state index in [1.54, 1.807) is 0 Å². The lowest BCUT2D eigenvalue weighted by Gasteiger charge is -2.08. The van der Waals surface area contributed by atoms with Crippen LogP contribution in [0.3, 0.4) is 0 Å². The van der Waals surface area contributed by atoms with Crippen LogP contribution in [0.25, 0.3) is 57.5 Å². The van der Waals surface area contributed by atoms with E-state index in [1.807, 2.05) is 88.4 Å². The standard InChI is InChI=1S/C34H34N4O4/c1-5-39-24-11-9-10-21(18-24)25-20-23-19-22-12-13-26(35-22)32(40-6-2)27-14-15-28(37-27)33(41-7-3)29-16-17-30(38-29)34(42-8-4)31(25)36-23/h9-20,36-37H,5-8H2,1-4H3. The van der Waals surface area contributed by atoms with Crippen LogP contribution in [0.5, 0.6) is 23.0 Å². The Morgan fingerprint density at radius 1 is 0.595 bits per heavy atom.